The van der Waals surface area contributed by atoms with Gasteiger partial charge in [-0.25, -0.2) is 14.4 Å². The number of aromatic nitrogens is 2. The standard InChI is InChI=1S/C19H19FN4O/c1-25-16-7-4-6-15(11-16)24-19-12-18(22-13-23-19)21-10-9-14-5-2-3-8-17(14)20/h2-8,11-13H,9-10H2,1H3,(H2,21,22,23,24). The molecule has 0 spiro atoms. The minimum absolute atomic E-state index is 0.188. The van der Waals surface area contributed by atoms with E-state index in [4.69, 9.17) is 4.74 Å². The lowest BCUT2D eigenvalue weighted by atomic mass is 10.1. The van der Waals surface area contributed by atoms with Crippen LogP contribution in [0.2, 0.25) is 0 Å². The van der Waals surface area contributed by atoms with Crippen LogP contribution < -0.4 is 15.4 Å². The summed E-state index contributed by atoms with van der Waals surface area (Å²) in [4.78, 5) is 8.40. The molecule has 0 amide bonds. The number of hydrogen-bond donors (Lipinski definition) is 2. The first-order chi connectivity index (χ1) is 12.2. The van der Waals surface area contributed by atoms with Crippen LogP contribution in [0, 0.1) is 5.82 Å². The summed E-state index contributed by atoms with van der Waals surface area (Å²) >= 11 is 0. The van der Waals surface area contributed by atoms with Crippen molar-refractivity contribution in [3.8, 4) is 5.75 Å². The van der Waals surface area contributed by atoms with E-state index >= 15 is 0 Å². The molecule has 0 bridgehead atoms. The van der Waals surface area contributed by atoms with Gasteiger partial charge in [0, 0.05) is 24.4 Å². The van der Waals surface area contributed by atoms with Gasteiger partial charge in [-0.15, -0.1) is 0 Å². The van der Waals surface area contributed by atoms with Crippen molar-refractivity contribution in [2.24, 2.45) is 0 Å². The zero-order valence-corrected chi connectivity index (χ0v) is 13.9. The van der Waals surface area contributed by atoms with Gasteiger partial charge in [0.25, 0.3) is 0 Å². The fourth-order valence-electron chi connectivity index (χ4n) is 2.40. The van der Waals surface area contributed by atoms with Crippen LogP contribution in [0.3, 0.4) is 0 Å². The van der Waals surface area contributed by atoms with Crippen molar-refractivity contribution in [3.05, 3.63) is 72.3 Å². The van der Waals surface area contributed by atoms with Gasteiger partial charge in [-0.2, -0.15) is 0 Å². The fourth-order valence-corrected chi connectivity index (χ4v) is 2.40. The summed E-state index contributed by atoms with van der Waals surface area (Å²) in [5, 5.41) is 6.39. The zero-order valence-electron chi connectivity index (χ0n) is 13.9. The van der Waals surface area contributed by atoms with Crippen LogP contribution in [0.1, 0.15) is 5.56 Å². The van der Waals surface area contributed by atoms with Crippen LogP contribution in [-0.2, 0) is 6.42 Å². The van der Waals surface area contributed by atoms with Crippen molar-refractivity contribution >= 4 is 17.3 Å². The number of anilines is 3. The topological polar surface area (TPSA) is 59.1 Å². The Morgan fingerprint density at radius 1 is 1.00 bits per heavy atom. The summed E-state index contributed by atoms with van der Waals surface area (Å²) in [6, 6.07) is 16.2. The Balaban J connectivity index is 1.60. The van der Waals surface area contributed by atoms with E-state index in [9.17, 15) is 4.39 Å². The Morgan fingerprint density at radius 3 is 2.68 bits per heavy atom. The van der Waals surface area contributed by atoms with Crippen LogP contribution in [-0.4, -0.2) is 23.6 Å². The van der Waals surface area contributed by atoms with E-state index in [1.165, 1.54) is 12.4 Å². The first-order valence-electron chi connectivity index (χ1n) is 7.95. The number of nitrogens with one attached hydrogen (secondary N) is 2. The highest BCUT2D eigenvalue weighted by atomic mass is 19.1. The first-order valence-corrected chi connectivity index (χ1v) is 7.95. The second-order valence-corrected chi connectivity index (χ2v) is 5.41. The lowest BCUT2D eigenvalue weighted by Crippen LogP contribution is -2.08. The smallest absolute Gasteiger partial charge is 0.135 e. The van der Waals surface area contributed by atoms with E-state index in [0.29, 0.717) is 30.2 Å². The fraction of sp³-hybridized carbons (Fsp3) is 0.158. The number of methoxy groups -OCH3 is 1. The van der Waals surface area contributed by atoms with E-state index in [0.717, 1.165) is 11.4 Å². The number of hydrogen-bond acceptors (Lipinski definition) is 5. The molecule has 25 heavy (non-hydrogen) atoms. The predicted octanol–water partition coefficient (Wildman–Crippen LogP) is 4.02. The maximum absolute atomic E-state index is 13.6. The minimum Gasteiger partial charge on any atom is -0.497 e. The van der Waals surface area contributed by atoms with Crippen molar-refractivity contribution in [1.82, 2.24) is 9.97 Å². The van der Waals surface area contributed by atoms with Gasteiger partial charge in [-0.3, -0.25) is 0 Å². The third kappa shape index (κ3) is 4.67. The Bertz CT molecular complexity index is 841. The molecule has 1 aromatic heterocycles. The van der Waals surface area contributed by atoms with Crippen molar-refractivity contribution < 1.29 is 9.13 Å². The summed E-state index contributed by atoms with van der Waals surface area (Å²) in [7, 11) is 1.63. The normalized spacial score (nSPS) is 10.3. The zero-order chi connectivity index (χ0) is 17.5. The molecule has 0 aliphatic carbocycles. The Kier molecular flexibility index (Phi) is 5.41. The van der Waals surface area contributed by atoms with Gasteiger partial charge in [0.05, 0.1) is 7.11 Å². The molecule has 0 unspecified atom stereocenters. The Morgan fingerprint density at radius 2 is 1.84 bits per heavy atom. The summed E-state index contributed by atoms with van der Waals surface area (Å²) in [6.45, 7) is 0.580. The van der Waals surface area contributed by atoms with Crippen molar-refractivity contribution in [2.45, 2.75) is 6.42 Å². The summed E-state index contributed by atoms with van der Waals surface area (Å²) in [5.41, 5.74) is 1.55. The lowest BCUT2D eigenvalue weighted by molar-refractivity contribution is 0.415. The third-order valence-electron chi connectivity index (χ3n) is 3.67. The van der Waals surface area contributed by atoms with Gasteiger partial charge in [0.2, 0.25) is 0 Å². The first kappa shape index (κ1) is 16.7. The molecular weight excluding hydrogens is 319 g/mol. The molecule has 2 aromatic carbocycles. The molecule has 3 rings (SSSR count). The number of nitrogens with zero attached hydrogens (tertiary/aromatic N) is 2. The molecule has 1 heterocycles. The van der Waals surface area contributed by atoms with E-state index in [2.05, 4.69) is 20.6 Å². The van der Waals surface area contributed by atoms with Crippen molar-refractivity contribution in [3.63, 3.8) is 0 Å². The molecule has 0 radical (unpaired) electrons. The average Bonchev–Trinajstić information content (AvgIpc) is 2.64. The highest BCUT2D eigenvalue weighted by Crippen LogP contribution is 2.21. The number of halogens is 1. The molecule has 0 aliphatic rings. The highest BCUT2D eigenvalue weighted by Gasteiger charge is 2.03. The highest BCUT2D eigenvalue weighted by molar-refractivity contribution is 5.60. The quantitative estimate of drug-likeness (QED) is 0.681. The molecule has 6 heteroatoms. The van der Waals surface area contributed by atoms with Gasteiger partial charge >= 0.3 is 0 Å². The molecule has 0 aliphatic heterocycles. The number of rotatable bonds is 7. The summed E-state index contributed by atoms with van der Waals surface area (Å²) in [5.74, 6) is 1.92. The van der Waals surface area contributed by atoms with Gasteiger partial charge in [0.15, 0.2) is 0 Å². The molecule has 2 N–H and O–H groups in total. The molecule has 0 atom stereocenters. The molecule has 128 valence electrons. The number of benzene rings is 2. The molecule has 0 saturated carbocycles. The summed E-state index contributed by atoms with van der Waals surface area (Å²) < 4.78 is 18.8. The van der Waals surface area contributed by atoms with E-state index in [1.54, 1.807) is 25.3 Å². The van der Waals surface area contributed by atoms with Crippen LogP contribution in [0.4, 0.5) is 21.7 Å². The molecule has 0 fully saturated rings. The van der Waals surface area contributed by atoms with Gasteiger partial charge in [0.1, 0.15) is 29.5 Å². The van der Waals surface area contributed by atoms with Crippen LogP contribution in [0.5, 0.6) is 5.75 Å². The van der Waals surface area contributed by atoms with Crippen molar-refractivity contribution in [1.29, 1.82) is 0 Å². The third-order valence-corrected chi connectivity index (χ3v) is 3.67. The number of ether oxygens (including phenoxy) is 1. The van der Waals surface area contributed by atoms with E-state index in [-0.39, 0.29) is 5.82 Å². The van der Waals surface area contributed by atoms with Crippen LogP contribution >= 0.6 is 0 Å². The Hall–Kier alpha value is -3.15. The van der Waals surface area contributed by atoms with E-state index < -0.39 is 0 Å². The van der Waals surface area contributed by atoms with Gasteiger partial charge < -0.3 is 15.4 Å². The molecular formula is C19H19FN4O. The van der Waals surface area contributed by atoms with Crippen molar-refractivity contribution in [2.75, 3.05) is 24.3 Å². The Labute approximate surface area is 145 Å². The molecule has 0 saturated heterocycles. The second kappa shape index (κ2) is 8.10. The monoisotopic (exact) mass is 338 g/mol. The molecule has 5 nitrogen and oxygen atoms in total. The predicted molar refractivity (Wildman–Crippen MR) is 96.9 cm³/mol. The largest absolute Gasteiger partial charge is 0.497 e. The maximum Gasteiger partial charge on any atom is 0.135 e. The van der Waals surface area contributed by atoms with Gasteiger partial charge in [-0.05, 0) is 30.2 Å². The van der Waals surface area contributed by atoms with Crippen LogP contribution in [0.25, 0.3) is 0 Å². The lowest BCUT2D eigenvalue weighted by Gasteiger charge is -2.10. The summed E-state index contributed by atoms with van der Waals surface area (Å²) in [6.07, 6.45) is 2.06. The average molecular weight is 338 g/mol. The van der Waals surface area contributed by atoms with Gasteiger partial charge in [-0.1, -0.05) is 24.3 Å². The maximum atomic E-state index is 13.6. The molecule has 3 aromatic rings. The minimum atomic E-state index is -0.188. The SMILES string of the molecule is COc1cccc(Nc2cc(NCCc3ccccc3F)ncn2)c1. The van der Waals surface area contributed by atoms with E-state index in [1.807, 2.05) is 30.3 Å². The van der Waals surface area contributed by atoms with Crippen LogP contribution in [0.15, 0.2) is 60.9 Å². The second-order valence-electron chi connectivity index (χ2n) is 5.41.